The summed E-state index contributed by atoms with van der Waals surface area (Å²) in [6.45, 7) is 4.58. The number of ketones is 1. The number of hydrogen-bond donors (Lipinski definition) is 0. The van der Waals surface area contributed by atoms with Crippen molar-refractivity contribution in [2.24, 2.45) is 23.2 Å². The summed E-state index contributed by atoms with van der Waals surface area (Å²) in [6.07, 6.45) is -8.46. The van der Waals surface area contributed by atoms with E-state index in [4.69, 9.17) is 17.1 Å². The molecular weight excluding hydrogens is 566 g/mol. The first-order valence-electron chi connectivity index (χ1n) is 17.1. The maximum atomic E-state index is 14.2. The van der Waals surface area contributed by atoms with E-state index in [9.17, 15) is 31.1 Å². The van der Waals surface area contributed by atoms with Gasteiger partial charge < -0.3 is 8.85 Å². The molecule has 2 rings (SSSR count). The van der Waals surface area contributed by atoms with Gasteiger partial charge in [0.1, 0.15) is 5.78 Å². The third kappa shape index (κ3) is 8.69. The number of alkyl halides is 6. The lowest BCUT2D eigenvalue weighted by atomic mass is 9.61. The topological polar surface area (TPSA) is 35.5 Å². The van der Waals surface area contributed by atoms with Gasteiger partial charge >= 0.3 is 12.4 Å². The Balaban J connectivity index is 2.56. The highest BCUT2D eigenvalue weighted by Crippen LogP contribution is 2.58. The highest BCUT2D eigenvalue weighted by atomic mass is 28.4. The molecule has 0 unspecified atom stereocenters. The highest BCUT2D eigenvalue weighted by Gasteiger charge is 2.71. The molecule has 0 bridgehead atoms. The van der Waals surface area contributed by atoms with E-state index in [1.807, 2.05) is 6.92 Å². The number of fused-ring (bicyclic) bond motifs is 1. The molecule has 0 aromatic heterocycles. The predicted octanol–water partition coefficient (Wildman–Crippen LogP) is 9.85. The molecule has 2 aliphatic rings. The van der Waals surface area contributed by atoms with E-state index in [0.29, 0.717) is 32.1 Å². The largest absolute Gasteiger partial charge is 0.429 e. The van der Waals surface area contributed by atoms with Crippen LogP contribution in [0.2, 0.25) is 39.3 Å². The minimum atomic E-state index is -5.80. The lowest BCUT2D eigenvalue weighted by molar-refractivity contribution is -0.340. The van der Waals surface area contributed by atoms with Crippen LogP contribution in [0.4, 0.5) is 26.3 Å². The maximum Gasteiger partial charge on any atom is 0.429 e. The fourth-order valence-corrected chi connectivity index (χ4v) is 9.22. The van der Waals surface area contributed by atoms with Gasteiger partial charge in [0.05, 0.1) is 5.60 Å². The lowest BCUT2D eigenvalue weighted by Crippen LogP contribution is -2.61. The molecule has 0 heterocycles. The Hall–Kier alpha value is -0.656. The number of Topliss-reactive ketones (excluding diaryl/α,β-unsaturated/α-hetero) is 1. The molecule has 0 aromatic rings. The second-order valence-electron chi connectivity index (χ2n) is 13.8. The molecule has 234 valence electrons. The van der Waals surface area contributed by atoms with Crippen molar-refractivity contribution in [2.75, 3.05) is 0 Å². The van der Waals surface area contributed by atoms with Crippen molar-refractivity contribution in [2.45, 2.75) is 141 Å². The first-order chi connectivity index (χ1) is 20.3. The quantitative estimate of drug-likeness (QED) is 0.123. The monoisotopic (exact) mass is 622 g/mol. The summed E-state index contributed by atoms with van der Waals surface area (Å²) in [6, 6.07) is 0. The van der Waals surface area contributed by atoms with Crippen molar-refractivity contribution in [3.05, 3.63) is 12.2 Å². The van der Waals surface area contributed by atoms with Crippen LogP contribution in [0.5, 0.6) is 0 Å². The third-order valence-electron chi connectivity index (χ3n) is 8.19. The number of carbonyl (C=O) groups is 1. The van der Waals surface area contributed by atoms with E-state index in [1.165, 1.54) is 19.6 Å². The van der Waals surface area contributed by atoms with Crippen molar-refractivity contribution in [1.82, 2.24) is 0 Å². The van der Waals surface area contributed by atoms with Crippen LogP contribution in [0.1, 0.15) is 86.6 Å². The molecular formula is C29H50F6O3Si2. The molecule has 11 heteroatoms. The molecule has 0 aliphatic heterocycles. The molecule has 0 saturated heterocycles. The van der Waals surface area contributed by atoms with Crippen LogP contribution in [0, 0.1) is 23.2 Å². The SMILES string of the molecule is [2H]C([2H])([2H])C(CCC[C@@H](C/C=C\C(O[Si](C)(C)C)(C(F)(F)F)C(F)(F)F)[C@H]1CC[C@H]2C(=O)CCC[C@]12C)(O[Si](C)(C)C)C([2H])([2H])[2H]. The second kappa shape index (κ2) is 12.1. The van der Waals surface area contributed by atoms with Gasteiger partial charge in [-0.2, -0.15) is 26.3 Å². The Labute approximate surface area is 247 Å². The van der Waals surface area contributed by atoms with E-state index in [2.05, 4.69) is 0 Å². The average Bonchev–Trinajstić information content (AvgIpc) is 3.15. The predicted molar refractivity (Wildman–Crippen MR) is 152 cm³/mol. The van der Waals surface area contributed by atoms with E-state index in [1.54, 1.807) is 19.6 Å². The zero-order chi connectivity index (χ0) is 36.0. The summed E-state index contributed by atoms with van der Waals surface area (Å²) < 4.78 is 145. The number of rotatable bonds is 12. The first kappa shape index (κ1) is 26.9. The van der Waals surface area contributed by atoms with Crippen LogP contribution in [0.3, 0.4) is 0 Å². The molecule has 0 amide bonds. The van der Waals surface area contributed by atoms with Crippen molar-refractivity contribution in [3.63, 3.8) is 0 Å². The number of carbonyl (C=O) groups excluding carboxylic acids is 1. The molecule has 0 aromatic carbocycles. The Kier molecular flexibility index (Phi) is 8.18. The minimum absolute atomic E-state index is 0.0138. The smallest absolute Gasteiger partial charge is 0.413 e. The van der Waals surface area contributed by atoms with Crippen LogP contribution in [0.15, 0.2) is 12.2 Å². The molecule has 0 spiro atoms. The third-order valence-corrected chi connectivity index (χ3v) is 10.1. The zero-order valence-electron chi connectivity index (χ0n) is 30.7. The van der Waals surface area contributed by atoms with Gasteiger partial charge in [0.2, 0.25) is 0 Å². The van der Waals surface area contributed by atoms with Gasteiger partial charge in [0.25, 0.3) is 5.60 Å². The first-order valence-corrected chi connectivity index (χ1v) is 20.9. The molecule has 3 nitrogen and oxygen atoms in total. The molecule has 40 heavy (non-hydrogen) atoms. The molecule has 0 N–H and O–H groups in total. The van der Waals surface area contributed by atoms with Gasteiger partial charge in [-0.25, -0.2) is 0 Å². The van der Waals surface area contributed by atoms with Gasteiger partial charge in [-0.15, -0.1) is 0 Å². The summed E-state index contributed by atoms with van der Waals surface area (Å²) in [5, 5.41) is 0. The summed E-state index contributed by atoms with van der Waals surface area (Å²) in [5.41, 5.74) is -7.55. The maximum absolute atomic E-state index is 14.2. The molecule has 4 atom stereocenters. The van der Waals surface area contributed by atoms with Gasteiger partial charge in [-0.3, -0.25) is 4.79 Å². The minimum Gasteiger partial charge on any atom is -0.413 e. The summed E-state index contributed by atoms with van der Waals surface area (Å²) in [4.78, 5) is 12.8. The van der Waals surface area contributed by atoms with Crippen LogP contribution in [-0.4, -0.2) is 46.0 Å². The van der Waals surface area contributed by atoms with Crippen LogP contribution in [0.25, 0.3) is 0 Å². The number of hydrogen-bond acceptors (Lipinski definition) is 3. The van der Waals surface area contributed by atoms with Crippen molar-refractivity contribution < 1.29 is 48.2 Å². The standard InChI is InChI=1S/C29H50F6O3Si2/c1-25(2,37-39(4,5)6)18-10-13-21(22-16-17-23-24(36)15-12-19-26(22,23)3)14-11-20-27(28(30,31)32,29(33,34)35)38-40(7,8)9/h11,20-23H,10,12-19H2,1-9H3/b20-11-/t21-,22+,23-,26+/m0/s1/i1D3,2D3. The van der Waals surface area contributed by atoms with E-state index < -0.39 is 71.6 Å². The Morgan fingerprint density at radius 3 is 2.08 bits per heavy atom. The normalized spacial score (nSPS) is 29.3. The fourth-order valence-electron chi connectivity index (χ4n) is 6.81. The second-order valence-corrected chi connectivity index (χ2v) is 22.7. The summed E-state index contributed by atoms with van der Waals surface area (Å²) in [7, 11) is -6.15. The number of allylic oxidation sites excluding steroid dienone is 1. The van der Waals surface area contributed by atoms with Gasteiger partial charge in [0.15, 0.2) is 16.6 Å². The lowest BCUT2D eigenvalue weighted by Gasteiger charge is -2.43. The Morgan fingerprint density at radius 1 is 1.00 bits per heavy atom. The Bertz CT molecular complexity index is 1070. The van der Waals surface area contributed by atoms with Crippen molar-refractivity contribution >= 4 is 22.4 Å². The van der Waals surface area contributed by atoms with E-state index in [-0.39, 0.29) is 43.0 Å². The van der Waals surface area contributed by atoms with Crippen molar-refractivity contribution in [1.29, 1.82) is 0 Å². The van der Waals surface area contributed by atoms with Crippen LogP contribution >= 0.6 is 0 Å². The van der Waals surface area contributed by atoms with E-state index >= 15 is 0 Å². The number of halogens is 6. The van der Waals surface area contributed by atoms with Crippen LogP contribution < -0.4 is 0 Å². The Morgan fingerprint density at radius 2 is 1.57 bits per heavy atom. The average molecular weight is 623 g/mol. The van der Waals surface area contributed by atoms with Gasteiger partial charge in [0, 0.05) is 20.6 Å². The van der Waals surface area contributed by atoms with Crippen LogP contribution in [-0.2, 0) is 13.6 Å². The summed E-state index contributed by atoms with van der Waals surface area (Å²) in [5.74, 6) is -1.00. The molecule has 2 aliphatic carbocycles. The highest BCUT2D eigenvalue weighted by molar-refractivity contribution is 6.70. The fraction of sp³-hybridized carbons (Fsp3) is 0.897. The van der Waals surface area contributed by atoms with Gasteiger partial charge in [-0.05, 0) is 121 Å². The summed E-state index contributed by atoms with van der Waals surface area (Å²) >= 11 is 0. The van der Waals surface area contributed by atoms with Crippen molar-refractivity contribution in [3.8, 4) is 0 Å². The zero-order valence-corrected chi connectivity index (χ0v) is 26.7. The van der Waals surface area contributed by atoms with E-state index in [0.717, 1.165) is 6.08 Å². The van der Waals surface area contributed by atoms with Gasteiger partial charge in [-0.1, -0.05) is 19.4 Å². The molecule has 2 saturated carbocycles. The molecule has 2 fully saturated rings. The molecule has 0 radical (unpaired) electrons.